The second-order valence-electron chi connectivity index (χ2n) is 6.84. The normalized spacial score (nSPS) is 21.8. The Hall–Kier alpha value is -2.54. The molecule has 1 N–H and O–H groups in total. The van der Waals surface area contributed by atoms with Gasteiger partial charge in [0.15, 0.2) is 0 Å². The summed E-state index contributed by atoms with van der Waals surface area (Å²) in [6.45, 7) is 1.59. The standard InChI is InChI=1S/C20H21N3O3S/c24-18(12-27-17-8-3-4-10-21-17)23-11-5-9-20(14-23)13-22-19(25)15-6-1-2-7-16(15)26-20/h1-4,6-8,10H,5,9,11-14H2,(H,22,25). The van der Waals surface area contributed by atoms with Crippen molar-refractivity contribution in [3.8, 4) is 5.75 Å². The molecule has 7 heteroatoms. The fourth-order valence-electron chi connectivity index (χ4n) is 3.55. The first-order valence-electron chi connectivity index (χ1n) is 9.03. The molecule has 27 heavy (non-hydrogen) atoms. The van der Waals surface area contributed by atoms with Crippen molar-refractivity contribution in [2.45, 2.75) is 23.5 Å². The number of amides is 2. The van der Waals surface area contributed by atoms with Gasteiger partial charge < -0.3 is 15.0 Å². The van der Waals surface area contributed by atoms with Crippen LogP contribution in [0.2, 0.25) is 0 Å². The Labute approximate surface area is 162 Å². The number of likely N-dealkylation sites (tertiary alicyclic amines) is 1. The topological polar surface area (TPSA) is 71.5 Å². The predicted molar refractivity (Wildman–Crippen MR) is 103 cm³/mol. The van der Waals surface area contributed by atoms with E-state index in [-0.39, 0.29) is 11.8 Å². The maximum absolute atomic E-state index is 12.7. The van der Waals surface area contributed by atoms with Gasteiger partial charge in [-0.3, -0.25) is 9.59 Å². The molecule has 6 nitrogen and oxygen atoms in total. The molecule has 0 bridgehead atoms. The molecule has 1 fully saturated rings. The number of nitrogens with one attached hydrogen (secondary N) is 1. The molecular weight excluding hydrogens is 362 g/mol. The van der Waals surface area contributed by atoms with Crippen molar-refractivity contribution in [1.82, 2.24) is 15.2 Å². The minimum atomic E-state index is -0.578. The molecule has 0 radical (unpaired) electrons. The van der Waals surface area contributed by atoms with Crippen LogP contribution >= 0.6 is 11.8 Å². The average Bonchev–Trinajstić information content (AvgIpc) is 2.84. The van der Waals surface area contributed by atoms with Crippen molar-refractivity contribution in [3.05, 3.63) is 54.2 Å². The Morgan fingerprint density at radius 1 is 1.26 bits per heavy atom. The van der Waals surface area contributed by atoms with Gasteiger partial charge in [0.2, 0.25) is 5.91 Å². The third-order valence-corrected chi connectivity index (χ3v) is 5.83. The van der Waals surface area contributed by atoms with Gasteiger partial charge in [0, 0.05) is 12.7 Å². The number of aromatic nitrogens is 1. The molecule has 0 saturated carbocycles. The fourth-order valence-corrected chi connectivity index (χ4v) is 4.31. The number of piperidine rings is 1. The molecule has 1 saturated heterocycles. The average molecular weight is 383 g/mol. The number of thioether (sulfide) groups is 1. The highest BCUT2D eigenvalue weighted by Gasteiger charge is 2.41. The van der Waals surface area contributed by atoms with Gasteiger partial charge in [-0.15, -0.1) is 0 Å². The third kappa shape index (κ3) is 3.93. The Bertz CT molecular complexity index is 845. The Morgan fingerprint density at radius 3 is 2.96 bits per heavy atom. The van der Waals surface area contributed by atoms with E-state index in [2.05, 4.69) is 10.3 Å². The van der Waals surface area contributed by atoms with Gasteiger partial charge in [-0.1, -0.05) is 30.0 Å². The summed E-state index contributed by atoms with van der Waals surface area (Å²) in [5, 5.41) is 3.80. The number of rotatable bonds is 3. The second kappa shape index (κ2) is 7.60. The lowest BCUT2D eigenvalue weighted by molar-refractivity contribution is -0.133. The highest BCUT2D eigenvalue weighted by molar-refractivity contribution is 7.99. The number of carbonyl (C=O) groups is 2. The molecule has 2 aliphatic rings. The first-order chi connectivity index (χ1) is 13.2. The molecule has 3 heterocycles. The van der Waals surface area contributed by atoms with Gasteiger partial charge in [0.05, 0.1) is 29.4 Å². The number of fused-ring (bicyclic) bond motifs is 1. The van der Waals surface area contributed by atoms with E-state index in [4.69, 9.17) is 4.74 Å². The van der Waals surface area contributed by atoms with Crippen molar-refractivity contribution in [2.24, 2.45) is 0 Å². The molecule has 1 aromatic carbocycles. The summed E-state index contributed by atoms with van der Waals surface area (Å²) in [7, 11) is 0. The van der Waals surface area contributed by atoms with E-state index in [0.29, 0.717) is 36.7 Å². The molecule has 1 atom stereocenters. The lowest BCUT2D eigenvalue weighted by Gasteiger charge is -2.42. The van der Waals surface area contributed by atoms with Crippen LogP contribution in [-0.2, 0) is 4.79 Å². The molecule has 2 amide bonds. The minimum Gasteiger partial charge on any atom is -0.483 e. The number of ether oxygens (including phenoxy) is 1. The van der Waals surface area contributed by atoms with Crippen LogP contribution in [0.25, 0.3) is 0 Å². The number of para-hydroxylation sites is 1. The quantitative estimate of drug-likeness (QED) is 0.824. The summed E-state index contributed by atoms with van der Waals surface area (Å²) in [6, 6.07) is 12.9. The summed E-state index contributed by atoms with van der Waals surface area (Å²) in [5.74, 6) is 0.870. The molecule has 0 aliphatic carbocycles. The summed E-state index contributed by atoms with van der Waals surface area (Å²) in [4.78, 5) is 31.1. The number of benzene rings is 1. The largest absolute Gasteiger partial charge is 0.483 e. The van der Waals surface area contributed by atoms with Crippen LogP contribution in [0.3, 0.4) is 0 Å². The molecule has 4 rings (SSSR count). The molecule has 140 valence electrons. The van der Waals surface area contributed by atoms with Gasteiger partial charge in [0.1, 0.15) is 11.4 Å². The lowest BCUT2D eigenvalue weighted by Crippen LogP contribution is -2.58. The molecule has 1 unspecified atom stereocenters. The van der Waals surface area contributed by atoms with E-state index in [1.165, 1.54) is 11.8 Å². The van der Waals surface area contributed by atoms with E-state index in [1.54, 1.807) is 12.3 Å². The monoisotopic (exact) mass is 383 g/mol. The Morgan fingerprint density at radius 2 is 2.11 bits per heavy atom. The number of pyridine rings is 1. The number of hydrogen-bond donors (Lipinski definition) is 1. The Kier molecular flexibility index (Phi) is 5.03. The third-order valence-electron chi connectivity index (χ3n) is 4.90. The minimum absolute atomic E-state index is 0.0668. The van der Waals surface area contributed by atoms with Gasteiger partial charge >= 0.3 is 0 Å². The van der Waals surface area contributed by atoms with Gasteiger partial charge in [-0.05, 0) is 37.1 Å². The maximum Gasteiger partial charge on any atom is 0.255 e. The molecule has 1 spiro atoms. The van der Waals surface area contributed by atoms with E-state index >= 15 is 0 Å². The fraction of sp³-hybridized carbons (Fsp3) is 0.350. The van der Waals surface area contributed by atoms with Crippen LogP contribution in [0.5, 0.6) is 5.75 Å². The Balaban J connectivity index is 1.46. The zero-order valence-corrected chi connectivity index (χ0v) is 15.7. The first kappa shape index (κ1) is 17.9. The summed E-state index contributed by atoms with van der Waals surface area (Å²) >= 11 is 1.44. The van der Waals surface area contributed by atoms with Crippen LogP contribution in [-0.4, -0.2) is 52.7 Å². The van der Waals surface area contributed by atoms with Crippen molar-refractivity contribution in [2.75, 3.05) is 25.4 Å². The van der Waals surface area contributed by atoms with Crippen molar-refractivity contribution in [1.29, 1.82) is 0 Å². The predicted octanol–water partition coefficient (Wildman–Crippen LogP) is 2.36. The highest BCUT2D eigenvalue weighted by Crippen LogP contribution is 2.32. The van der Waals surface area contributed by atoms with Crippen molar-refractivity contribution < 1.29 is 14.3 Å². The SMILES string of the molecule is O=C1NCC2(CCCN(C(=O)CSc3ccccn3)C2)Oc2ccccc21. The first-order valence-corrected chi connectivity index (χ1v) is 10.0. The lowest BCUT2D eigenvalue weighted by atomic mass is 9.92. The van der Waals surface area contributed by atoms with E-state index in [9.17, 15) is 9.59 Å². The number of hydrogen-bond acceptors (Lipinski definition) is 5. The summed E-state index contributed by atoms with van der Waals surface area (Å²) in [6.07, 6.45) is 3.37. The number of carbonyl (C=O) groups excluding carboxylic acids is 2. The number of nitrogens with zero attached hydrogens (tertiary/aromatic N) is 2. The van der Waals surface area contributed by atoms with Crippen molar-refractivity contribution >= 4 is 23.6 Å². The van der Waals surface area contributed by atoms with E-state index in [0.717, 1.165) is 17.9 Å². The molecule has 2 aromatic rings. The zero-order valence-electron chi connectivity index (χ0n) is 14.9. The summed E-state index contributed by atoms with van der Waals surface area (Å²) < 4.78 is 6.30. The maximum atomic E-state index is 12.7. The second-order valence-corrected chi connectivity index (χ2v) is 7.84. The molecule has 1 aromatic heterocycles. The van der Waals surface area contributed by atoms with Crippen molar-refractivity contribution in [3.63, 3.8) is 0 Å². The van der Waals surface area contributed by atoms with Gasteiger partial charge in [0.25, 0.3) is 5.91 Å². The van der Waals surface area contributed by atoms with Crippen LogP contribution in [0.4, 0.5) is 0 Å². The van der Waals surface area contributed by atoms with Crippen LogP contribution in [0.1, 0.15) is 23.2 Å². The van der Waals surface area contributed by atoms with Crippen LogP contribution in [0, 0.1) is 0 Å². The van der Waals surface area contributed by atoms with Crippen LogP contribution in [0.15, 0.2) is 53.7 Å². The van der Waals surface area contributed by atoms with Gasteiger partial charge in [-0.25, -0.2) is 4.98 Å². The van der Waals surface area contributed by atoms with Gasteiger partial charge in [-0.2, -0.15) is 0 Å². The molecular formula is C20H21N3O3S. The van der Waals surface area contributed by atoms with Crippen LogP contribution < -0.4 is 10.1 Å². The zero-order chi connectivity index (χ0) is 18.7. The van der Waals surface area contributed by atoms with E-state index < -0.39 is 5.60 Å². The highest BCUT2D eigenvalue weighted by atomic mass is 32.2. The summed E-state index contributed by atoms with van der Waals surface area (Å²) in [5.41, 5.74) is -0.0326. The molecule has 2 aliphatic heterocycles. The van der Waals surface area contributed by atoms with E-state index in [1.807, 2.05) is 41.3 Å². The smallest absolute Gasteiger partial charge is 0.255 e.